The normalized spacial score (nSPS) is 20.4. The molecule has 0 aliphatic carbocycles. The van der Waals surface area contributed by atoms with E-state index in [1.54, 1.807) is 12.1 Å². The van der Waals surface area contributed by atoms with Crippen molar-refractivity contribution in [1.82, 2.24) is 5.32 Å². The van der Waals surface area contributed by atoms with Gasteiger partial charge in [0.2, 0.25) is 0 Å². The largest absolute Gasteiger partial charge is 0.449 e. The van der Waals surface area contributed by atoms with E-state index in [1.807, 2.05) is 19.1 Å². The van der Waals surface area contributed by atoms with Gasteiger partial charge in [0.1, 0.15) is 0 Å². The Morgan fingerprint density at radius 1 is 1.40 bits per heavy atom. The van der Waals surface area contributed by atoms with E-state index in [4.69, 9.17) is 16.3 Å². The van der Waals surface area contributed by atoms with E-state index < -0.39 is 33.9 Å². The fraction of sp³-hybridized carbons (Fsp3) is 0.412. The van der Waals surface area contributed by atoms with Crippen molar-refractivity contribution in [2.45, 2.75) is 32.4 Å². The van der Waals surface area contributed by atoms with E-state index in [1.165, 1.54) is 13.0 Å². The summed E-state index contributed by atoms with van der Waals surface area (Å²) in [4.78, 5) is 23.8. The predicted octanol–water partition coefficient (Wildman–Crippen LogP) is 1.90. The summed E-state index contributed by atoms with van der Waals surface area (Å²) in [6.45, 7) is 3.31. The van der Waals surface area contributed by atoms with Gasteiger partial charge in [0.25, 0.3) is 5.91 Å². The van der Waals surface area contributed by atoms with Gasteiger partial charge in [-0.05, 0) is 43.5 Å². The number of carbonyl (C=O) groups is 2. The average molecular weight is 386 g/mol. The maximum Gasteiger partial charge on any atom is 0.331 e. The molecule has 6 nitrogen and oxygen atoms in total. The second kappa shape index (κ2) is 8.01. The van der Waals surface area contributed by atoms with Crippen LogP contribution < -0.4 is 5.32 Å². The average Bonchev–Trinajstić information content (AvgIpc) is 2.87. The molecule has 0 unspecified atom stereocenters. The van der Waals surface area contributed by atoms with Crippen molar-refractivity contribution in [3.8, 4) is 0 Å². The zero-order valence-electron chi connectivity index (χ0n) is 14.0. The van der Waals surface area contributed by atoms with Gasteiger partial charge in [-0.1, -0.05) is 23.7 Å². The molecule has 25 heavy (non-hydrogen) atoms. The molecular weight excluding hydrogens is 366 g/mol. The minimum atomic E-state index is -3.08. The van der Waals surface area contributed by atoms with Gasteiger partial charge in [0.15, 0.2) is 15.9 Å². The highest BCUT2D eigenvalue weighted by Gasteiger charge is 2.30. The maximum atomic E-state index is 12.0. The highest BCUT2D eigenvalue weighted by molar-refractivity contribution is 7.91. The molecule has 1 aliphatic rings. The summed E-state index contributed by atoms with van der Waals surface area (Å²) in [7, 11) is -3.08. The monoisotopic (exact) mass is 385 g/mol. The Labute approximate surface area is 152 Å². The summed E-state index contributed by atoms with van der Waals surface area (Å²) < 4.78 is 27.8. The van der Waals surface area contributed by atoms with Gasteiger partial charge in [0, 0.05) is 17.1 Å². The van der Waals surface area contributed by atoms with Crippen LogP contribution in [0.3, 0.4) is 0 Å². The quantitative estimate of drug-likeness (QED) is 0.617. The molecule has 1 amide bonds. The number of carbonyl (C=O) groups excluding carboxylic acids is 2. The molecule has 136 valence electrons. The number of aryl methyl sites for hydroxylation is 1. The third kappa shape index (κ3) is 5.86. The maximum absolute atomic E-state index is 12.0. The SMILES string of the molecule is Cc1ccc(/C=C/C(=O)O[C@@H](C)C(=O)N[C@@H]2CCS(=O)(=O)C2)cc1Cl. The Morgan fingerprint density at radius 3 is 2.72 bits per heavy atom. The molecule has 0 aromatic heterocycles. The zero-order valence-corrected chi connectivity index (χ0v) is 15.6. The Balaban J connectivity index is 1.85. The van der Waals surface area contributed by atoms with Gasteiger partial charge >= 0.3 is 5.97 Å². The summed E-state index contributed by atoms with van der Waals surface area (Å²) >= 11 is 6.01. The van der Waals surface area contributed by atoms with Gasteiger partial charge in [-0.15, -0.1) is 0 Å². The fourth-order valence-corrected chi connectivity index (χ4v) is 4.23. The van der Waals surface area contributed by atoms with E-state index in [0.717, 1.165) is 11.1 Å². The highest BCUT2D eigenvalue weighted by atomic mass is 35.5. The van der Waals surface area contributed by atoms with Crippen molar-refractivity contribution < 1.29 is 22.7 Å². The lowest BCUT2D eigenvalue weighted by Crippen LogP contribution is -2.42. The van der Waals surface area contributed by atoms with E-state index in [9.17, 15) is 18.0 Å². The molecule has 2 rings (SSSR count). The molecule has 0 bridgehead atoms. The summed E-state index contributed by atoms with van der Waals surface area (Å²) in [5.41, 5.74) is 1.67. The van der Waals surface area contributed by atoms with Crippen LogP contribution in [0.2, 0.25) is 5.02 Å². The van der Waals surface area contributed by atoms with Crippen molar-refractivity contribution >= 4 is 39.4 Å². The molecule has 0 radical (unpaired) electrons. The molecular formula is C17H20ClNO5S. The molecule has 8 heteroatoms. The van der Waals surface area contributed by atoms with Crippen LogP contribution in [0.1, 0.15) is 24.5 Å². The number of amides is 1. The molecule has 0 spiro atoms. The van der Waals surface area contributed by atoms with Crippen molar-refractivity contribution in [1.29, 1.82) is 0 Å². The lowest BCUT2D eigenvalue weighted by molar-refractivity contribution is -0.150. The first-order chi connectivity index (χ1) is 11.7. The smallest absolute Gasteiger partial charge is 0.331 e. The summed E-state index contributed by atoms with van der Waals surface area (Å²) in [6.07, 6.45) is 2.12. The molecule has 1 aromatic carbocycles. The van der Waals surface area contributed by atoms with E-state index in [0.29, 0.717) is 11.4 Å². The summed E-state index contributed by atoms with van der Waals surface area (Å²) in [6, 6.07) is 4.93. The molecule has 1 aliphatic heterocycles. The van der Waals surface area contributed by atoms with Crippen LogP contribution in [0.25, 0.3) is 6.08 Å². The summed E-state index contributed by atoms with van der Waals surface area (Å²) in [5, 5.41) is 3.18. The number of hydrogen-bond acceptors (Lipinski definition) is 5. The van der Waals surface area contributed by atoms with Gasteiger partial charge in [-0.25, -0.2) is 13.2 Å². The van der Waals surface area contributed by atoms with Crippen LogP contribution in [-0.4, -0.2) is 43.9 Å². The standard InChI is InChI=1S/C17H20ClNO5S/c1-11-3-4-13(9-15(11)18)5-6-16(20)24-12(2)17(21)19-14-7-8-25(22,23)10-14/h3-6,9,12,14H,7-8,10H2,1-2H3,(H,19,21)/b6-5+/t12-,14+/m0/s1. The van der Waals surface area contributed by atoms with E-state index in [2.05, 4.69) is 5.32 Å². The first-order valence-electron chi connectivity index (χ1n) is 7.82. The van der Waals surface area contributed by atoms with E-state index >= 15 is 0 Å². The molecule has 2 atom stereocenters. The number of rotatable bonds is 5. The Hall–Kier alpha value is -1.86. The minimum Gasteiger partial charge on any atom is -0.449 e. The number of ether oxygens (including phenoxy) is 1. The molecule has 1 fully saturated rings. The Kier molecular flexibility index (Phi) is 6.24. The van der Waals surface area contributed by atoms with Crippen LogP contribution in [0, 0.1) is 6.92 Å². The molecule has 1 heterocycles. The Morgan fingerprint density at radius 2 is 2.12 bits per heavy atom. The van der Waals surface area contributed by atoms with Crippen LogP contribution in [0.15, 0.2) is 24.3 Å². The molecule has 1 saturated heterocycles. The lowest BCUT2D eigenvalue weighted by Gasteiger charge is -2.15. The lowest BCUT2D eigenvalue weighted by atomic mass is 10.1. The number of hydrogen-bond donors (Lipinski definition) is 1. The van der Waals surface area contributed by atoms with Crippen LogP contribution in [-0.2, 0) is 24.2 Å². The van der Waals surface area contributed by atoms with Crippen LogP contribution in [0.4, 0.5) is 0 Å². The first kappa shape index (κ1) is 19.5. The Bertz CT molecular complexity index is 803. The van der Waals surface area contributed by atoms with Gasteiger partial charge in [0.05, 0.1) is 11.5 Å². The number of sulfone groups is 1. The molecule has 1 N–H and O–H groups in total. The van der Waals surface area contributed by atoms with Gasteiger partial charge < -0.3 is 10.1 Å². The van der Waals surface area contributed by atoms with Gasteiger partial charge in [-0.3, -0.25) is 4.79 Å². The summed E-state index contributed by atoms with van der Waals surface area (Å²) in [5.74, 6) is -1.19. The minimum absolute atomic E-state index is 0.0635. The van der Waals surface area contributed by atoms with Crippen molar-refractivity contribution in [2.24, 2.45) is 0 Å². The highest BCUT2D eigenvalue weighted by Crippen LogP contribution is 2.17. The topological polar surface area (TPSA) is 89.5 Å². The van der Waals surface area contributed by atoms with Gasteiger partial charge in [-0.2, -0.15) is 0 Å². The second-order valence-corrected chi connectivity index (χ2v) is 8.67. The number of nitrogens with one attached hydrogen (secondary N) is 1. The third-order valence-electron chi connectivity index (χ3n) is 3.85. The van der Waals surface area contributed by atoms with Crippen molar-refractivity contribution in [3.63, 3.8) is 0 Å². The van der Waals surface area contributed by atoms with Crippen molar-refractivity contribution in [3.05, 3.63) is 40.4 Å². The first-order valence-corrected chi connectivity index (χ1v) is 10.0. The van der Waals surface area contributed by atoms with Crippen LogP contribution in [0.5, 0.6) is 0 Å². The number of esters is 1. The number of benzene rings is 1. The fourth-order valence-electron chi connectivity index (χ4n) is 2.37. The second-order valence-electron chi connectivity index (χ2n) is 6.03. The predicted molar refractivity (Wildman–Crippen MR) is 96.0 cm³/mol. The molecule has 1 aromatic rings. The van der Waals surface area contributed by atoms with E-state index in [-0.39, 0.29) is 11.5 Å². The van der Waals surface area contributed by atoms with Crippen LogP contribution >= 0.6 is 11.6 Å². The van der Waals surface area contributed by atoms with Crippen molar-refractivity contribution in [2.75, 3.05) is 11.5 Å². The zero-order chi connectivity index (χ0) is 18.6. The molecule has 0 saturated carbocycles. The number of halogens is 1. The third-order valence-corrected chi connectivity index (χ3v) is 6.02.